The molecule has 0 spiro atoms. The molecular weight excluding hydrogens is 380 g/mol. The summed E-state index contributed by atoms with van der Waals surface area (Å²) in [5.74, 6) is -1.27. The number of rotatable bonds is 6. The second-order valence-corrected chi connectivity index (χ2v) is 9.04. The average Bonchev–Trinajstić information content (AvgIpc) is 2.65. The molecule has 150 valence electrons. The largest absolute Gasteiger partial charge is 0.452 e. The molecule has 2 rings (SSSR count). The monoisotopic (exact) mass is 404 g/mol. The van der Waals surface area contributed by atoms with Crippen molar-refractivity contribution >= 4 is 27.6 Å². The van der Waals surface area contributed by atoms with Gasteiger partial charge in [0, 0.05) is 5.69 Å². The van der Waals surface area contributed by atoms with Crippen molar-refractivity contribution < 1.29 is 22.7 Å². The van der Waals surface area contributed by atoms with E-state index in [0.717, 1.165) is 5.56 Å². The Hall–Kier alpha value is -2.71. The molecule has 8 heteroatoms. The highest BCUT2D eigenvalue weighted by molar-refractivity contribution is 7.89. The SMILES string of the molecule is CNS(=O)(=O)c1cccc(C(=O)OCC(=O)Nc2ccccc2C(C)(C)C)c1. The molecule has 7 nitrogen and oxygen atoms in total. The summed E-state index contributed by atoms with van der Waals surface area (Å²) in [7, 11) is -2.40. The highest BCUT2D eigenvalue weighted by Gasteiger charge is 2.19. The quantitative estimate of drug-likeness (QED) is 0.721. The maximum atomic E-state index is 12.2. The minimum atomic E-state index is -3.68. The van der Waals surface area contributed by atoms with Crippen LogP contribution < -0.4 is 10.0 Å². The third-order valence-corrected chi connectivity index (χ3v) is 5.40. The summed E-state index contributed by atoms with van der Waals surface area (Å²) >= 11 is 0. The topological polar surface area (TPSA) is 102 Å². The molecule has 0 bridgehead atoms. The van der Waals surface area contributed by atoms with E-state index in [1.165, 1.54) is 31.3 Å². The van der Waals surface area contributed by atoms with E-state index in [1.807, 2.05) is 39.0 Å². The van der Waals surface area contributed by atoms with Gasteiger partial charge < -0.3 is 10.1 Å². The summed E-state index contributed by atoms with van der Waals surface area (Å²) in [4.78, 5) is 24.3. The number of esters is 1. The van der Waals surface area contributed by atoms with E-state index in [9.17, 15) is 18.0 Å². The first kappa shape index (κ1) is 21.6. The van der Waals surface area contributed by atoms with Gasteiger partial charge in [0.05, 0.1) is 10.5 Å². The van der Waals surface area contributed by atoms with Crippen LogP contribution in [0.3, 0.4) is 0 Å². The second-order valence-electron chi connectivity index (χ2n) is 7.16. The van der Waals surface area contributed by atoms with E-state index in [0.29, 0.717) is 5.69 Å². The summed E-state index contributed by atoms with van der Waals surface area (Å²) in [6.07, 6.45) is 0. The summed E-state index contributed by atoms with van der Waals surface area (Å²) in [6.45, 7) is 5.61. The number of amides is 1. The molecular formula is C20H24N2O5S. The Labute approximate surface area is 165 Å². The number of nitrogens with one attached hydrogen (secondary N) is 2. The van der Waals surface area contributed by atoms with E-state index in [1.54, 1.807) is 6.07 Å². The van der Waals surface area contributed by atoms with Crippen molar-refractivity contribution in [1.82, 2.24) is 4.72 Å². The number of hydrogen-bond donors (Lipinski definition) is 2. The van der Waals surface area contributed by atoms with Crippen LogP contribution in [-0.2, 0) is 25.0 Å². The molecule has 0 radical (unpaired) electrons. The minimum absolute atomic E-state index is 0.0409. The molecule has 0 heterocycles. The van der Waals surface area contributed by atoms with E-state index >= 15 is 0 Å². The fourth-order valence-corrected chi connectivity index (χ4v) is 3.33. The smallest absolute Gasteiger partial charge is 0.338 e. The second kappa shape index (κ2) is 8.53. The first-order valence-electron chi connectivity index (χ1n) is 8.64. The summed E-state index contributed by atoms with van der Waals surface area (Å²) in [5, 5.41) is 2.75. The van der Waals surface area contributed by atoms with Crippen molar-refractivity contribution in [3.8, 4) is 0 Å². The lowest BCUT2D eigenvalue weighted by Gasteiger charge is -2.22. The van der Waals surface area contributed by atoms with Gasteiger partial charge in [-0.3, -0.25) is 4.79 Å². The maximum absolute atomic E-state index is 12.2. The highest BCUT2D eigenvalue weighted by Crippen LogP contribution is 2.29. The normalized spacial score (nSPS) is 11.7. The Morgan fingerprint density at radius 2 is 1.71 bits per heavy atom. The van der Waals surface area contributed by atoms with Gasteiger partial charge in [0.25, 0.3) is 5.91 Å². The zero-order valence-electron chi connectivity index (χ0n) is 16.3. The van der Waals surface area contributed by atoms with Crippen LogP contribution in [-0.4, -0.2) is 33.9 Å². The zero-order valence-corrected chi connectivity index (χ0v) is 17.1. The number of ether oxygens (including phenoxy) is 1. The van der Waals surface area contributed by atoms with Crippen LogP contribution in [0.1, 0.15) is 36.7 Å². The zero-order chi connectivity index (χ0) is 20.9. The Bertz CT molecular complexity index is 978. The van der Waals surface area contributed by atoms with Crippen molar-refractivity contribution in [3.63, 3.8) is 0 Å². The fraction of sp³-hybridized carbons (Fsp3) is 0.300. The van der Waals surface area contributed by atoms with Crippen molar-refractivity contribution in [2.24, 2.45) is 0 Å². The Balaban J connectivity index is 2.05. The van der Waals surface area contributed by atoms with Gasteiger partial charge in [-0.25, -0.2) is 17.9 Å². The van der Waals surface area contributed by atoms with E-state index in [-0.39, 0.29) is 15.9 Å². The van der Waals surface area contributed by atoms with Crippen LogP contribution in [0.5, 0.6) is 0 Å². The molecule has 0 fully saturated rings. The molecule has 0 aliphatic rings. The minimum Gasteiger partial charge on any atom is -0.452 e. The number of benzene rings is 2. The molecule has 2 N–H and O–H groups in total. The first-order valence-corrected chi connectivity index (χ1v) is 10.1. The van der Waals surface area contributed by atoms with Gasteiger partial charge in [0.2, 0.25) is 10.0 Å². The lowest BCUT2D eigenvalue weighted by Crippen LogP contribution is -2.23. The molecule has 2 aromatic carbocycles. The molecule has 1 amide bonds. The van der Waals surface area contributed by atoms with Crippen LogP contribution in [0.25, 0.3) is 0 Å². The maximum Gasteiger partial charge on any atom is 0.338 e. The van der Waals surface area contributed by atoms with E-state index in [2.05, 4.69) is 10.0 Å². The average molecular weight is 404 g/mol. The van der Waals surface area contributed by atoms with Gasteiger partial charge in [0.15, 0.2) is 6.61 Å². The number of carbonyl (C=O) groups is 2. The Morgan fingerprint density at radius 3 is 2.36 bits per heavy atom. The number of carbonyl (C=O) groups excluding carboxylic acids is 2. The van der Waals surface area contributed by atoms with Crippen LogP contribution in [0.4, 0.5) is 5.69 Å². The van der Waals surface area contributed by atoms with Crippen molar-refractivity contribution in [2.45, 2.75) is 31.1 Å². The van der Waals surface area contributed by atoms with E-state index < -0.39 is 28.5 Å². The van der Waals surface area contributed by atoms with Crippen LogP contribution in [0.15, 0.2) is 53.4 Å². The van der Waals surface area contributed by atoms with Crippen LogP contribution >= 0.6 is 0 Å². The summed E-state index contributed by atoms with van der Waals surface area (Å²) in [5.41, 5.74) is 1.48. The predicted octanol–water partition coefficient (Wildman–Crippen LogP) is 2.69. The van der Waals surface area contributed by atoms with Gasteiger partial charge in [-0.1, -0.05) is 45.0 Å². The van der Waals surface area contributed by atoms with Gasteiger partial charge >= 0.3 is 5.97 Å². The van der Waals surface area contributed by atoms with Crippen LogP contribution in [0.2, 0.25) is 0 Å². The third-order valence-electron chi connectivity index (χ3n) is 3.99. The molecule has 0 saturated heterocycles. The van der Waals surface area contributed by atoms with Crippen molar-refractivity contribution in [3.05, 3.63) is 59.7 Å². The number of sulfonamides is 1. The molecule has 0 aromatic heterocycles. The molecule has 0 unspecified atom stereocenters. The van der Waals surface area contributed by atoms with Gasteiger partial charge in [-0.15, -0.1) is 0 Å². The Kier molecular flexibility index (Phi) is 6.58. The standard InChI is InChI=1S/C20H24N2O5S/c1-20(2,3)16-10-5-6-11-17(16)22-18(23)13-27-19(24)14-8-7-9-15(12-14)28(25,26)21-4/h5-12,21H,13H2,1-4H3,(H,22,23). The molecule has 0 saturated carbocycles. The van der Waals surface area contributed by atoms with Crippen LogP contribution in [0, 0.1) is 0 Å². The van der Waals surface area contributed by atoms with Crippen molar-refractivity contribution in [2.75, 3.05) is 19.0 Å². The highest BCUT2D eigenvalue weighted by atomic mass is 32.2. The summed E-state index contributed by atoms with van der Waals surface area (Å²) in [6, 6.07) is 12.8. The third kappa shape index (κ3) is 5.40. The fourth-order valence-electron chi connectivity index (χ4n) is 2.55. The van der Waals surface area contributed by atoms with Gasteiger partial charge in [-0.2, -0.15) is 0 Å². The number of hydrogen-bond acceptors (Lipinski definition) is 5. The lowest BCUT2D eigenvalue weighted by atomic mass is 9.86. The first-order chi connectivity index (χ1) is 13.0. The molecule has 28 heavy (non-hydrogen) atoms. The van der Waals surface area contributed by atoms with E-state index in [4.69, 9.17) is 4.74 Å². The lowest BCUT2D eigenvalue weighted by molar-refractivity contribution is -0.119. The van der Waals surface area contributed by atoms with Crippen molar-refractivity contribution in [1.29, 1.82) is 0 Å². The van der Waals surface area contributed by atoms with Gasteiger partial charge in [-0.05, 0) is 42.3 Å². The summed E-state index contributed by atoms with van der Waals surface area (Å²) < 4.78 is 30.9. The predicted molar refractivity (Wildman–Crippen MR) is 107 cm³/mol. The molecule has 0 atom stereocenters. The molecule has 2 aromatic rings. The Morgan fingerprint density at radius 1 is 1.04 bits per heavy atom. The number of anilines is 1. The van der Waals surface area contributed by atoms with Gasteiger partial charge in [0.1, 0.15) is 0 Å². The molecule has 0 aliphatic heterocycles. The number of para-hydroxylation sites is 1. The molecule has 0 aliphatic carbocycles.